The highest BCUT2D eigenvalue weighted by Gasteiger charge is 2.51. The van der Waals surface area contributed by atoms with Crippen LogP contribution < -0.4 is 21.7 Å². The zero-order valence-electron chi connectivity index (χ0n) is 34.7. The Bertz CT molecular complexity index is 1990. The van der Waals surface area contributed by atoms with E-state index in [0.29, 0.717) is 30.9 Å². The van der Waals surface area contributed by atoms with E-state index < -0.39 is 107 Å². The number of nitrogens with zero attached hydrogens (tertiary/aromatic N) is 3. The normalized spacial score (nSPS) is 28.0. The number of piperidine rings is 1. The summed E-state index contributed by atoms with van der Waals surface area (Å²) in [5.41, 5.74) is 6.17. The molecule has 2 aromatic rings. The summed E-state index contributed by atoms with van der Waals surface area (Å²) in [4.78, 5) is 103. The molecule has 4 aliphatic heterocycles. The maximum absolute atomic E-state index is 15.0. The minimum absolute atomic E-state index is 0.0307. The van der Waals surface area contributed by atoms with Crippen LogP contribution in [0.5, 0.6) is 0 Å². The smallest absolute Gasteiger partial charge is 0.329 e. The zero-order valence-corrected chi connectivity index (χ0v) is 34.7. The molecule has 2 aromatic carbocycles. The molecule has 6 amide bonds. The summed E-state index contributed by atoms with van der Waals surface area (Å²) in [7, 11) is 0. The Balaban J connectivity index is 1.38. The Morgan fingerprint density at radius 1 is 0.867 bits per heavy atom. The molecule has 6 rings (SSSR count). The van der Waals surface area contributed by atoms with Crippen molar-refractivity contribution < 1.29 is 47.1 Å². The van der Waals surface area contributed by atoms with Crippen molar-refractivity contribution in [2.75, 3.05) is 19.6 Å². The summed E-state index contributed by atoms with van der Waals surface area (Å²) in [6, 6.07) is 1.70. The highest BCUT2D eigenvalue weighted by atomic mass is 19.1. The number of carbonyl (C=O) groups is 7. The lowest BCUT2D eigenvalue weighted by Gasteiger charge is -2.41. The van der Waals surface area contributed by atoms with Crippen LogP contribution in [0.25, 0.3) is 0 Å². The average molecular weight is 836 g/mol. The predicted octanol–water partition coefficient (Wildman–Crippen LogP) is 1.41. The molecule has 0 aromatic heterocycles. The standard InChI is InChI=1S/C43H55F2N7O8/c1-23-9-11-26(12-10-23)18-35(53)48-31(17-27-15-28(44)19-29(45)16-27)37(54)49-36-41(58)52-22-30(46)20-33(52)40(57)50-13-7-6-8-32(50)38(55)47-25(3)39(56)51-21-24(2)14-34(51)42(59)60-43(36,4)5/h9-12,15-16,19,24-25,30-34,36H,6-8,13-14,17-18,20-22,46H2,1-5H3,(H,47,55)(H,48,53)(H,49,54)/t24-,25+,30+,31+,32+,33+,34+,36-/m1/s1. The first-order valence-corrected chi connectivity index (χ1v) is 20.6. The third-order valence-electron chi connectivity index (χ3n) is 11.9. The van der Waals surface area contributed by atoms with Gasteiger partial charge >= 0.3 is 5.97 Å². The second kappa shape index (κ2) is 18.0. The quantitative estimate of drug-likeness (QED) is 0.298. The first kappa shape index (κ1) is 44.1. The van der Waals surface area contributed by atoms with Gasteiger partial charge in [-0.05, 0) is 89.0 Å². The lowest BCUT2D eigenvalue weighted by atomic mass is 9.94. The van der Waals surface area contributed by atoms with Gasteiger partial charge in [0, 0.05) is 38.2 Å². The van der Waals surface area contributed by atoms with Crippen molar-refractivity contribution in [2.24, 2.45) is 11.7 Å². The summed E-state index contributed by atoms with van der Waals surface area (Å²) >= 11 is 0. The molecule has 0 saturated carbocycles. The molecule has 0 spiro atoms. The summed E-state index contributed by atoms with van der Waals surface area (Å²) < 4.78 is 34.9. The molecule has 324 valence electrons. The van der Waals surface area contributed by atoms with Crippen LogP contribution in [0, 0.1) is 24.5 Å². The number of cyclic esters (lactones) is 1. The van der Waals surface area contributed by atoms with Crippen LogP contribution in [0.4, 0.5) is 8.78 Å². The van der Waals surface area contributed by atoms with E-state index in [1.165, 1.54) is 35.5 Å². The van der Waals surface area contributed by atoms with Gasteiger partial charge < -0.3 is 41.1 Å². The number of ether oxygens (including phenoxy) is 1. The number of rotatable bonds is 7. The van der Waals surface area contributed by atoms with Gasteiger partial charge in [0.05, 0.1) is 6.42 Å². The predicted molar refractivity (Wildman–Crippen MR) is 213 cm³/mol. The fraction of sp³-hybridized carbons (Fsp3) is 0.558. The lowest BCUT2D eigenvalue weighted by molar-refractivity contribution is -0.172. The third-order valence-corrected chi connectivity index (χ3v) is 11.9. The van der Waals surface area contributed by atoms with Gasteiger partial charge in [-0.2, -0.15) is 0 Å². The van der Waals surface area contributed by atoms with Crippen molar-refractivity contribution in [3.05, 3.63) is 70.8 Å². The first-order valence-electron chi connectivity index (χ1n) is 20.6. The van der Waals surface area contributed by atoms with Gasteiger partial charge in [-0.15, -0.1) is 0 Å². The molecular formula is C43H55F2N7O8. The number of esters is 1. The Morgan fingerprint density at radius 2 is 1.53 bits per heavy atom. The van der Waals surface area contributed by atoms with Gasteiger partial charge in [0.25, 0.3) is 0 Å². The second-order valence-electron chi connectivity index (χ2n) is 17.4. The third kappa shape index (κ3) is 9.94. The van der Waals surface area contributed by atoms with Crippen LogP contribution in [-0.2, 0) is 51.1 Å². The van der Waals surface area contributed by atoms with Crippen molar-refractivity contribution in [3.8, 4) is 0 Å². The van der Waals surface area contributed by atoms with Crippen LogP contribution in [0.3, 0.4) is 0 Å². The maximum Gasteiger partial charge on any atom is 0.329 e. The van der Waals surface area contributed by atoms with E-state index in [1.807, 2.05) is 26.0 Å². The molecule has 8 atom stereocenters. The largest absolute Gasteiger partial charge is 0.455 e. The number of amides is 6. The molecule has 0 radical (unpaired) electrons. The van der Waals surface area contributed by atoms with E-state index in [9.17, 15) is 42.3 Å². The second-order valence-corrected chi connectivity index (χ2v) is 17.4. The van der Waals surface area contributed by atoms with Crippen LogP contribution in [0.1, 0.15) is 76.5 Å². The highest BCUT2D eigenvalue weighted by molar-refractivity contribution is 5.98. The van der Waals surface area contributed by atoms with Crippen molar-refractivity contribution in [3.63, 3.8) is 0 Å². The van der Waals surface area contributed by atoms with Gasteiger partial charge in [0.2, 0.25) is 35.4 Å². The summed E-state index contributed by atoms with van der Waals surface area (Å²) in [5, 5.41) is 8.09. The Labute approximate surface area is 348 Å². The number of aryl methyl sites for hydroxylation is 1. The fourth-order valence-electron chi connectivity index (χ4n) is 8.78. The molecule has 4 heterocycles. The molecular weight excluding hydrogens is 781 g/mol. The minimum Gasteiger partial charge on any atom is -0.455 e. The van der Waals surface area contributed by atoms with E-state index in [4.69, 9.17) is 10.5 Å². The topological polar surface area (TPSA) is 201 Å². The maximum atomic E-state index is 15.0. The van der Waals surface area contributed by atoms with Crippen LogP contribution in [-0.4, -0.2) is 124 Å². The molecule has 5 N–H and O–H groups in total. The molecule has 17 heteroatoms. The summed E-state index contributed by atoms with van der Waals surface area (Å²) in [6.45, 7) is 8.36. The number of nitrogens with one attached hydrogen (secondary N) is 3. The molecule has 4 saturated heterocycles. The minimum atomic E-state index is -1.86. The number of carbonyl (C=O) groups excluding carboxylic acids is 7. The molecule has 0 aliphatic carbocycles. The van der Waals surface area contributed by atoms with Gasteiger partial charge in [-0.25, -0.2) is 13.6 Å². The number of nitrogens with two attached hydrogens (primary N) is 1. The highest BCUT2D eigenvalue weighted by Crippen LogP contribution is 2.31. The molecule has 4 aliphatic rings. The number of hydrogen-bond donors (Lipinski definition) is 4. The van der Waals surface area contributed by atoms with E-state index in [-0.39, 0.29) is 50.4 Å². The molecule has 15 nitrogen and oxygen atoms in total. The van der Waals surface area contributed by atoms with E-state index in [2.05, 4.69) is 16.0 Å². The van der Waals surface area contributed by atoms with E-state index >= 15 is 0 Å². The molecule has 0 unspecified atom stereocenters. The summed E-state index contributed by atoms with van der Waals surface area (Å²) in [6.07, 6.45) is 1.26. The Morgan fingerprint density at radius 3 is 2.22 bits per heavy atom. The van der Waals surface area contributed by atoms with Crippen LogP contribution in [0.15, 0.2) is 42.5 Å². The number of hydrogen-bond acceptors (Lipinski definition) is 9. The lowest BCUT2D eigenvalue weighted by Crippen LogP contribution is -2.65. The van der Waals surface area contributed by atoms with E-state index in [1.54, 1.807) is 12.1 Å². The van der Waals surface area contributed by atoms with Gasteiger partial charge in [-0.1, -0.05) is 36.8 Å². The molecule has 0 bridgehead atoms. The molecule has 4 fully saturated rings. The Kier molecular flexibility index (Phi) is 13.3. The van der Waals surface area contributed by atoms with Gasteiger partial charge in [-0.3, -0.25) is 28.8 Å². The van der Waals surface area contributed by atoms with Gasteiger partial charge in [0.15, 0.2) is 0 Å². The Hall–Kier alpha value is -5.45. The first-order chi connectivity index (χ1) is 28.3. The number of halogens is 2. The number of fused-ring (bicyclic) bond motifs is 3. The van der Waals surface area contributed by atoms with Crippen molar-refractivity contribution in [1.82, 2.24) is 30.7 Å². The van der Waals surface area contributed by atoms with Crippen LogP contribution >= 0.6 is 0 Å². The SMILES string of the molecule is Cc1ccc(CC(=O)N[C@@H](Cc2cc(F)cc(F)c2)C(=O)N[C@@H]2C(=O)N3C[C@@H](N)C[C@H]3C(=O)N3CCCC[C@H]3C(=O)N[C@@H](C)C(=O)N3C[C@H](C)C[C@H]3C(=O)OC2(C)C)cc1. The van der Waals surface area contributed by atoms with Gasteiger partial charge in [0.1, 0.15) is 53.5 Å². The summed E-state index contributed by atoms with van der Waals surface area (Å²) in [5.74, 6) is -6.80. The van der Waals surface area contributed by atoms with E-state index in [0.717, 1.165) is 17.7 Å². The van der Waals surface area contributed by atoms with Crippen molar-refractivity contribution in [2.45, 2.75) is 127 Å². The fourth-order valence-corrected chi connectivity index (χ4v) is 8.78. The van der Waals surface area contributed by atoms with Crippen molar-refractivity contribution >= 4 is 41.4 Å². The average Bonchev–Trinajstić information content (AvgIpc) is 3.78. The molecule has 60 heavy (non-hydrogen) atoms. The van der Waals surface area contributed by atoms with Crippen LogP contribution in [0.2, 0.25) is 0 Å². The number of benzene rings is 2. The zero-order chi connectivity index (χ0) is 43.6. The monoisotopic (exact) mass is 835 g/mol. The van der Waals surface area contributed by atoms with Crippen molar-refractivity contribution in [1.29, 1.82) is 0 Å².